The molecule has 0 saturated carbocycles. The van der Waals surface area contributed by atoms with Gasteiger partial charge in [-0.05, 0) is 12.1 Å². The summed E-state index contributed by atoms with van der Waals surface area (Å²) in [5, 5.41) is 10.5. The third-order valence-electron chi connectivity index (χ3n) is 1.39. The quantitative estimate of drug-likeness (QED) is 0.581. The van der Waals surface area contributed by atoms with Gasteiger partial charge in [-0.15, -0.1) is 0 Å². The number of rotatable bonds is 2. The predicted octanol–water partition coefficient (Wildman–Crippen LogP) is 1.78. The molecular weight excluding hydrogens is 194 g/mol. The topological polar surface area (TPSA) is 82.0 Å². The summed E-state index contributed by atoms with van der Waals surface area (Å²) < 4.78 is 0. The minimum absolute atomic E-state index is 0.0739. The molecule has 0 aliphatic heterocycles. The van der Waals surface area contributed by atoms with Gasteiger partial charge in [0.05, 0.1) is 4.92 Å². The average molecular weight is 200 g/mol. The van der Waals surface area contributed by atoms with Crippen LogP contribution in [0.3, 0.4) is 0 Å². The van der Waals surface area contributed by atoms with E-state index in [0.29, 0.717) is 0 Å². The van der Waals surface area contributed by atoms with Crippen LogP contribution in [-0.2, 0) is 0 Å². The first-order chi connectivity index (χ1) is 6.16. The van der Waals surface area contributed by atoms with Crippen molar-refractivity contribution in [3.8, 4) is 0 Å². The second kappa shape index (κ2) is 3.86. The van der Waals surface area contributed by atoms with Crippen LogP contribution in [0.5, 0.6) is 0 Å². The van der Waals surface area contributed by atoms with E-state index in [2.05, 4.69) is 4.98 Å². The monoisotopic (exact) mass is 199 g/mol. The summed E-state index contributed by atoms with van der Waals surface area (Å²) in [6.45, 7) is 0. The highest BCUT2D eigenvalue weighted by Crippen LogP contribution is 2.24. The van der Waals surface area contributed by atoms with E-state index in [4.69, 9.17) is 17.3 Å². The number of halogens is 1. The Morgan fingerprint density at radius 2 is 2.38 bits per heavy atom. The van der Waals surface area contributed by atoms with E-state index < -0.39 is 4.92 Å². The Morgan fingerprint density at radius 3 is 2.92 bits per heavy atom. The van der Waals surface area contributed by atoms with E-state index in [-0.39, 0.29) is 17.1 Å². The zero-order chi connectivity index (χ0) is 9.84. The van der Waals surface area contributed by atoms with Gasteiger partial charge in [-0.1, -0.05) is 11.6 Å². The van der Waals surface area contributed by atoms with Gasteiger partial charge < -0.3 is 5.73 Å². The Balaban J connectivity index is 3.34. The van der Waals surface area contributed by atoms with Crippen molar-refractivity contribution >= 4 is 29.1 Å². The van der Waals surface area contributed by atoms with Gasteiger partial charge in [0.1, 0.15) is 11.4 Å². The Morgan fingerprint density at radius 1 is 1.69 bits per heavy atom. The van der Waals surface area contributed by atoms with Crippen LogP contribution in [0.4, 0.5) is 11.4 Å². The molecule has 0 atom stereocenters. The number of nitrogens with zero attached hydrogens (tertiary/aromatic N) is 2. The highest BCUT2D eigenvalue weighted by molar-refractivity contribution is 6.27. The number of hydrogen-bond acceptors (Lipinski definition) is 4. The zero-order valence-electron chi connectivity index (χ0n) is 6.48. The third-order valence-corrected chi connectivity index (χ3v) is 1.51. The predicted molar refractivity (Wildman–Crippen MR) is 50.2 cm³/mol. The number of nitrogen functional groups attached to an aromatic ring is 1. The number of nitrogens with two attached hydrogens (primary N) is 1. The summed E-state index contributed by atoms with van der Waals surface area (Å²) in [5.41, 5.74) is 6.55. The van der Waals surface area contributed by atoms with E-state index in [1.54, 1.807) is 0 Å². The molecule has 0 saturated heterocycles. The Hall–Kier alpha value is -1.62. The molecule has 0 amide bonds. The zero-order valence-corrected chi connectivity index (χ0v) is 7.23. The van der Waals surface area contributed by atoms with Crippen LogP contribution in [0.15, 0.2) is 17.8 Å². The van der Waals surface area contributed by atoms with Gasteiger partial charge in [0.2, 0.25) is 0 Å². The maximum Gasteiger partial charge on any atom is 0.317 e. The standard InChI is InChI=1S/C7H6ClN3O2/c8-3-1-6-7(11(12)13)5(9)2-4-10-6/h1-4H,(H2,9,10)/b3-1+. The molecule has 6 heteroatoms. The fraction of sp³-hybridized carbons (Fsp3) is 0. The minimum atomic E-state index is -0.589. The largest absolute Gasteiger partial charge is 0.393 e. The van der Waals surface area contributed by atoms with Crippen molar-refractivity contribution in [2.24, 2.45) is 0 Å². The smallest absolute Gasteiger partial charge is 0.317 e. The first kappa shape index (κ1) is 9.47. The van der Waals surface area contributed by atoms with E-state index in [0.717, 1.165) is 5.54 Å². The van der Waals surface area contributed by atoms with Crippen LogP contribution in [0, 0.1) is 10.1 Å². The molecule has 0 aliphatic rings. The van der Waals surface area contributed by atoms with Crippen LogP contribution < -0.4 is 5.73 Å². The fourth-order valence-corrected chi connectivity index (χ4v) is 0.986. The second-order valence-electron chi connectivity index (χ2n) is 2.18. The summed E-state index contributed by atoms with van der Waals surface area (Å²) in [7, 11) is 0. The van der Waals surface area contributed by atoms with Crippen molar-refractivity contribution in [1.82, 2.24) is 4.98 Å². The lowest BCUT2D eigenvalue weighted by Gasteiger charge is -1.98. The normalized spacial score (nSPS) is 10.5. The Kier molecular flexibility index (Phi) is 2.81. The van der Waals surface area contributed by atoms with E-state index in [1.807, 2.05) is 0 Å². The lowest BCUT2D eigenvalue weighted by Crippen LogP contribution is -1.99. The molecule has 0 radical (unpaired) electrons. The molecule has 13 heavy (non-hydrogen) atoms. The van der Waals surface area contributed by atoms with Crippen LogP contribution in [-0.4, -0.2) is 9.91 Å². The highest BCUT2D eigenvalue weighted by atomic mass is 35.5. The number of aromatic nitrogens is 1. The highest BCUT2D eigenvalue weighted by Gasteiger charge is 2.16. The molecule has 68 valence electrons. The van der Waals surface area contributed by atoms with Crippen LogP contribution in [0.2, 0.25) is 0 Å². The van der Waals surface area contributed by atoms with Gasteiger partial charge in [-0.2, -0.15) is 0 Å². The molecule has 0 unspecified atom stereocenters. The maximum atomic E-state index is 10.5. The summed E-state index contributed by atoms with van der Waals surface area (Å²) in [6, 6.07) is 1.36. The number of anilines is 1. The van der Waals surface area contributed by atoms with Crippen LogP contribution in [0.1, 0.15) is 5.69 Å². The van der Waals surface area contributed by atoms with Gasteiger partial charge in [0, 0.05) is 11.7 Å². The summed E-state index contributed by atoms with van der Waals surface area (Å²) >= 11 is 5.28. The van der Waals surface area contributed by atoms with Crippen LogP contribution in [0.25, 0.3) is 6.08 Å². The molecule has 5 nitrogen and oxygen atoms in total. The van der Waals surface area contributed by atoms with Crippen molar-refractivity contribution < 1.29 is 4.92 Å². The molecule has 1 heterocycles. The molecule has 0 fully saturated rings. The maximum absolute atomic E-state index is 10.5. The molecule has 0 spiro atoms. The average Bonchev–Trinajstić information content (AvgIpc) is 2.04. The van der Waals surface area contributed by atoms with E-state index >= 15 is 0 Å². The van der Waals surface area contributed by atoms with E-state index in [9.17, 15) is 10.1 Å². The van der Waals surface area contributed by atoms with Gasteiger partial charge in [-0.3, -0.25) is 10.1 Å². The lowest BCUT2D eigenvalue weighted by molar-refractivity contribution is -0.384. The van der Waals surface area contributed by atoms with Gasteiger partial charge >= 0.3 is 5.69 Å². The fourth-order valence-electron chi connectivity index (χ4n) is 0.866. The molecule has 0 aliphatic carbocycles. The van der Waals surface area contributed by atoms with Crippen LogP contribution >= 0.6 is 11.6 Å². The van der Waals surface area contributed by atoms with Crippen molar-refractivity contribution in [3.05, 3.63) is 33.6 Å². The number of nitro groups is 1. The lowest BCUT2D eigenvalue weighted by atomic mass is 10.2. The SMILES string of the molecule is Nc1ccnc(/C=C/Cl)c1[N+](=O)[O-]. The number of hydrogen-bond donors (Lipinski definition) is 1. The Bertz CT molecular complexity index is 365. The molecule has 1 rings (SSSR count). The minimum Gasteiger partial charge on any atom is -0.393 e. The van der Waals surface area contributed by atoms with Gasteiger partial charge in [0.15, 0.2) is 0 Å². The second-order valence-corrected chi connectivity index (χ2v) is 2.44. The third kappa shape index (κ3) is 1.94. The van der Waals surface area contributed by atoms with Crippen molar-refractivity contribution in [1.29, 1.82) is 0 Å². The summed E-state index contributed by atoms with van der Waals surface area (Å²) in [4.78, 5) is 13.7. The van der Waals surface area contributed by atoms with Gasteiger partial charge in [0.25, 0.3) is 0 Å². The van der Waals surface area contributed by atoms with Crippen molar-refractivity contribution in [2.75, 3.05) is 5.73 Å². The molecular formula is C7H6ClN3O2. The molecule has 0 aromatic carbocycles. The molecule has 1 aromatic rings. The van der Waals surface area contributed by atoms with E-state index in [1.165, 1.54) is 18.3 Å². The summed E-state index contributed by atoms with van der Waals surface area (Å²) in [5.74, 6) is 0. The molecule has 2 N–H and O–H groups in total. The molecule has 0 bridgehead atoms. The first-order valence-electron chi connectivity index (χ1n) is 3.32. The molecule has 1 aromatic heterocycles. The number of pyridine rings is 1. The first-order valence-corrected chi connectivity index (χ1v) is 3.76. The Labute approximate surface area is 79.0 Å². The summed E-state index contributed by atoms with van der Waals surface area (Å²) in [6.07, 6.45) is 2.70. The van der Waals surface area contributed by atoms with Crippen molar-refractivity contribution in [3.63, 3.8) is 0 Å². The van der Waals surface area contributed by atoms with Crippen molar-refractivity contribution in [2.45, 2.75) is 0 Å². The van der Waals surface area contributed by atoms with Gasteiger partial charge in [-0.25, -0.2) is 4.98 Å².